The SMILES string of the molecule is CC(C)c1ccc(/C=N\Nc2ccc(F)cc2F)cc1. The summed E-state index contributed by atoms with van der Waals surface area (Å²) in [6.45, 7) is 4.25. The highest BCUT2D eigenvalue weighted by atomic mass is 19.1. The number of halogens is 2. The van der Waals surface area contributed by atoms with Gasteiger partial charge < -0.3 is 0 Å². The molecule has 0 aromatic heterocycles. The predicted octanol–water partition coefficient (Wildman–Crippen LogP) is 4.53. The minimum atomic E-state index is -0.669. The van der Waals surface area contributed by atoms with Crippen LogP contribution in [0.25, 0.3) is 0 Å². The van der Waals surface area contributed by atoms with E-state index in [1.807, 2.05) is 24.3 Å². The molecular formula is C16H16F2N2. The van der Waals surface area contributed by atoms with Crippen molar-refractivity contribution in [1.29, 1.82) is 0 Å². The van der Waals surface area contributed by atoms with Gasteiger partial charge in [-0.05, 0) is 29.2 Å². The monoisotopic (exact) mass is 274 g/mol. The molecule has 0 atom stereocenters. The lowest BCUT2D eigenvalue weighted by molar-refractivity contribution is 0.585. The average Bonchev–Trinajstić information content (AvgIpc) is 2.42. The minimum absolute atomic E-state index is 0.140. The molecule has 0 aliphatic rings. The van der Waals surface area contributed by atoms with Crippen molar-refractivity contribution in [3.8, 4) is 0 Å². The van der Waals surface area contributed by atoms with Crippen LogP contribution >= 0.6 is 0 Å². The van der Waals surface area contributed by atoms with Crippen molar-refractivity contribution in [1.82, 2.24) is 0 Å². The van der Waals surface area contributed by atoms with E-state index in [0.29, 0.717) is 5.92 Å². The third-order valence-corrected chi connectivity index (χ3v) is 2.93. The molecule has 0 heterocycles. The van der Waals surface area contributed by atoms with Gasteiger partial charge in [0.05, 0.1) is 11.9 Å². The van der Waals surface area contributed by atoms with Crippen LogP contribution < -0.4 is 5.43 Å². The fraction of sp³-hybridized carbons (Fsp3) is 0.188. The van der Waals surface area contributed by atoms with Crippen LogP contribution in [-0.4, -0.2) is 6.21 Å². The first-order valence-corrected chi connectivity index (χ1v) is 6.40. The summed E-state index contributed by atoms with van der Waals surface area (Å²) in [6, 6.07) is 11.3. The molecule has 2 aromatic rings. The van der Waals surface area contributed by atoms with Crippen LogP contribution in [0.15, 0.2) is 47.6 Å². The second-order valence-corrected chi connectivity index (χ2v) is 4.82. The maximum absolute atomic E-state index is 13.3. The number of nitrogens with one attached hydrogen (secondary N) is 1. The van der Waals surface area contributed by atoms with Crippen molar-refractivity contribution >= 4 is 11.9 Å². The van der Waals surface area contributed by atoms with Gasteiger partial charge in [-0.1, -0.05) is 38.1 Å². The van der Waals surface area contributed by atoms with Gasteiger partial charge in [0.2, 0.25) is 0 Å². The lowest BCUT2D eigenvalue weighted by atomic mass is 10.0. The van der Waals surface area contributed by atoms with E-state index in [1.165, 1.54) is 17.7 Å². The van der Waals surface area contributed by atoms with Crippen molar-refractivity contribution in [2.75, 3.05) is 5.43 Å². The quantitative estimate of drug-likeness (QED) is 0.642. The molecule has 0 saturated heterocycles. The van der Waals surface area contributed by atoms with Gasteiger partial charge in [0.15, 0.2) is 5.82 Å². The zero-order valence-electron chi connectivity index (χ0n) is 11.4. The number of anilines is 1. The molecule has 0 bridgehead atoms. The second-order valence-electron chi connectivity index (χ2n) is 4.82. The van der Waals surface area contributed by atoms with Crippen molar-refractivity contribution in [3.63, 3.8) is 0 Å². The number of hydrogen-bond acceptors (Lipinski definition) is 2. The van der Waals surface area contributed by atoms with Gasteiger partial charge >= 0.3 is 0 Å². The summed E-state index contributed by atoms with van der Waals surface area (Å²) >= 11 is 0. The van der Waals surface area contributed by atoms with E-state index in [0.717, 1.165) is 11.6 Å². The fourth-order valence-corrected chi connectivity index (χ4v) is 1.72. The van der Waals surface area contributed by atoms with E-state index >= 15 is 0 Å². The Bertz CT molecular complexity index is 604. The molecule has 4 heteroatoms. The summed E-state index contributed by atoms with van der Waals surface area (Å²) in [7, 11) is 0. The molecule has 0 saturated carbocycles. The normalized spacial score (nSPS) is 11.2. The van der Waals surface area contributed by atoms with Gasteiger partial charge in [-0.2, -0.15) is 5.10 Å². The molecule has 0 amide bonds. The van der Waals surface area contributed by atoms with E-state index in [9.17, 15) is 8.78 Å². The van der Waals surface area contributed by atoms with Crippen LogP contribution in [0.2, 0.25) is 0 Å². The Morgan fingerprint density at radius 3 is 2.35 bits per heavy atom. The number of benzene rings is 2. The molecule has 2 aromatic carbocycles. The van der Waals surface area contributed by atoms with Crippen LogP contribution in [0.3, 0.4) is 0 Å². The molecule has 104 valence electrons. The van der Waals surface area contributed by atoms with E-state index in [2.05, 4.69) is 24.4 Å². The minimum Gasteiger partial charge on any atom is -0.276 e. The maximum atomic E-state index is 13.3. The standard InChI is InChI=1S/C16H16F2N2/c1-11(2)13-5-3-12(4-6-13)10-19-20-16-8-7-14(17)9-15(16)18/h3-11,20H,1-2H3/b19-10-. The van der Waals surface area contributed by atoms with Crippen LogP contribution in [-0.2, 0) is 0 Å². The van der Waals surface area contributed by atoms with Crippen LogP contribution in [0.1, 0.15) is 30.9 Å². The van der Waals surface area contributed by atoms with Crippen molar-refractivity contribution in [3.05, 3.63) is 65.2 Å². The van der Waals surface area contributed by atoms with E-state index < -0.39 is 11.6 Å². The highest BCUT2D eigenvalue weighted by Crippen LogP contribution is 2.15. The summed E-state index contributed by atoms with van der Waals surface area (Å²) in [4.78, 5) is 0. The lowest BCUT2D eigenvalue weighted by Crippen LogP contribution is -1.95. The van der Waals surface area contributed by atoms with Crippen LogP contribution in [0.5, 0.6) is 0 Å². The van der Waals surface area contributed by atoms with Gasteiger partial charge in [-0.15, -0.1) is 0 Å². The molecule has 0 unspecified atom stereocenters. The maximum Gasteiger partial charge on any atom is 0.151 e. The summed E-state index contributed by atoms with van der Waals surface area (Å²) in [5.41, 5.74) is 4.85. The highest BCUT2D eigenvalue weighted by Gasteiger charge is 2.01. The molecule has 0 radical (unpaired) electrons. The van der Waals surface area contributed by atoms with Crippen LogP contribution in [0.4, 0.5) is 14.5 Å². The predicted molar refractivity (Wildman–Crippen MR) is 78.1 cm³/mol. The molecule has 0 aliphatic carbocycles. The van der Waals surface area contributed by atoms with Gasteiger partial charge in [0, 0.05) is 6.07 Å². The number of hydrogen-bond donors (Lipinski definition) is 1. The van der Waals surface area contributed by atoms with E-state index in [-0.39, 0.29) is 5.69 Å². The third kappa shape index (κ3) is 3.63. The largest absolute Gasteiger partial charge is 0.276 e. The van der Waals surface area contributed by atoms with Crippen molar-refractivity contribution in [2.24, 2.45) is 5.10 Å². The average molecular weight is 274 g/mol. The molecule has 1 N–H and O–H groups in total. The smallest absolute Gasteiger partial charge is 0.151 e. The molecule has 0 spiro atoms. The molecular weight excluding hydrogens is 258 g/mol. The van der Waals surface area contributed by atoms with Gasteiger partial charge in [-0.25, -0.2) is 8.78 Å². The zero-order chi connectivity index (χ0) is 14.5. The summed E-state index contributed by atoms with van der Waals surface area (Å²) in [6.07, 6.45) is 1.59. The van der Waals surface area contributed by atoms with Crippen molar-refractivity contribution < 1.29 is 8.78 Å². The summed E-state index contributed by atoms with van der Waals surface area (Å²) in [5.74, 6) is -0.800. The van der Waals surface area contributed by atoms with Crippen LogP contribution in [0, 0.1) is 11.6 Å². The van der Waals surface area contributed by atoms with E-state index in [4.69, 9.17) is 0 Å². The number of rotatable bonds is 4. The second kappa shape index (κ2) is 6.28. The van der Waals surface area contributed by atoms with Gasteiger partial charge in [-0.3, -0.25) is 5.43 Å². The Hall–Kier alpha value is -2.23. The fourth-order valence-electron chi connectivity index (χ4n) is 1.72. The third-order valence-electron chi connectivity index (χ3n) is 2.93. The Morgan fingerprint density at radius 2 is 1.75 bits per heavy atom. The number of nitrogens with zero attached hydrogens (tertiary/aromatic N) is 1. The zero-order valence-corrected chi connectivity index (χ0v) is 11.4. The van der Waals surface area contributed by atoms with Gasteiger partial charge in [0.25, 0.3) is 0 Å². The molecule has 2 rings (SSSR count). The molecule has 2 nitrogen and oxygen atoms in total. The highest BCUT2D eigenvalue weighted by molar-refractivity contribution is 5.80. The Labute approximate surface area is 117 Å². The van der Waals surface area contributed by atoms with Gasteiger partial charge in [0.1, 0.15) is 5.82 Å². The Balaban J connectivity index is 2.02. The Kier molecular flexibility index (Phi) is 4.45. The summed E-state index contributed by atoms with van der Waals surface area (Å²) in [5, 5.41) is 3.94. The number of hydrazone groups is 1. The first-order chi connectivity index (χ1) is 9.56. The first kappa shape index (κ1) is 14.2. The molecule has 20 heavy (non-hydrogen) atoms. The van der Waals surface area contributed by atoms with E-state index in [1.54, 1.807) is 6.21 Å². The Morgan fingerprint density at radius 1 is 1.05 bits per heavy atom. The first-order valence-electron chi connectivity index (χ1n) is 6.40. The molecule has 0 aliphatic heterocycles. The van der Waals surface area contributed by atoms with Crippen molar-refractivity contribution in [2.45, 2.75) is 19.8 Å². The topological polar surface area (TPSA) is 24.4 Å². The molecule has 0 fully saturated rings. The lowest BCUT2D eigenvalue weighted by Gasteiger charge is -2.05. The summed E-state index contributed by atoms with van der Waals surface area (Å²) < 4.78 is 26.1.